The molecule has 2 nitrogen and oxygen atoms in total. The maximum atomic E-state index is 12.8. The van der Waals surface area contributed by atoms with Crippen LogP contribution in [-0.4, -0.2) is 12.9 Å². The van der Waals surface area contributed by atoms with E-state index >= 15 is 0 Å². The van der Waals surface area contributed by atoms with Gasteiger partial charge >= 0.3 is 0 Å². The van der Waals surface area contributed by atoms with E-state index in [0.717, 1.165) is 35.3 Å². The van der Waals surface area contributed by atoms with Crippen molar-refractivity contribution in [3.63, 3.8) is 0 Å². The fraction of sp³-hybridized carbons (Fsp3) is 0.450. The van der Waals surface area contributed by atoms with Gasteiger partial charge in [0.1, 0.15) is 11.5 Å². The van der Waals surface area contributed by atoms with Gasteiger partial charge in [-0.15, -0.1) is 0 Å². The molecular weight excluding hydrogens is 450 g/mol. The Balaban J connectivity index is 0.00000176. The number of Topliss-reactive ketones (excluding diaryl/α,β-unsaturated/α-hetero) is 1. The van der Waals surface area contributed by atoms with E-state index in [4.69, 9.17) is 4.74 Å². The Labute approximate surface area is 197 Å². The first-order chi connectivity index (χ1) is 9.81. The van der Waals surface area contributed by atoms with Crippen LogP contribution in [-0.2, 0) is 70.2 Å². The summed E-state index contributed by atoms with van der Waals surface area (Å²) in [5.74, 6) is 1.47. The van der Waals surface area contributed by atoms with Crippen LogP contribution in [0.3, 0.4) is 0 Å². The zero-order valence-electron chi connectivity index (χ0n) is 15.5. The molecule has 2 bridgehead atoms. The molecule has 0 amide bonds. The number of benzene rings is 1. The normalized spacial score (nSPS) is 28.0. The Morgan fingerprint density at radius 3 is 2.38 bits per heavy atom. The molecule has 2 aliphatic rings. The largest absolute Gasteiger partial charge is 0.496 e. The SMILES string of the molecule is [CH2-]C12CCC(/C(=C\c3ccc(OC)c(C)c3)C1=O)C2(C)C.[CH3-].[Y].[Y]. The summed E-state index contributed by atoms with van der Waals surface area (Å²) in [7, 11) is 1.68. The summed E-state index contributed by atoms with van der Waals surface area (Å²) in [6.07, 6.45) is 4.05. The van der Waals surface area contributed by atoms with Crippen LogP contribution in [0.15, 0.2) is 23.8 Å². The van der Waals surface area contributed by atoms with E-state index in [1.807, 2.05) is 19.1 Å². The molecule has 24 heavy (non-hydrogen) atoms. The van der Waals surface area contributed by atoms with E-state index in [1.165, 1.54) is 0 Å². The maximum Gasteiger partial charge on any atom is 0.136 e. The molecule has 2 atom stereocenters. The molecular formula is C20H26O2Y2-2. The molecule has 0 saturated heterocycles. The van der Waals surface area contributed by atoms with E-state index in [9.17, 15) is 4.79 Å². The molecule has 2 unspecified atom stereocenters. The Kier molecular flexibility index (Phi) is 8.78. The fourth-order valence-corrected chi connectivity index (χ4v) is 4.13. The van der Waals surface area contributed by atoms with Gasteiger partial charge in [-0.05, 0) is 59.6 Å². The quantitative estimate of drug-likeness (QED) is 0.458. The topological polar surface area (TPSA) is 26.3 Å². The summed E-state index contributed by atoms with van der Waals surface area (Å²) in [5.41, 5.74) is 2.67. The molecule has 2 aliphatic carbocycles. The van der Waals surface area contributed by atoms with Gasteiger partial charge in [-0.1, -0.05) is 31.7 Å². The number of rotatable bonds is 2. The number of carbonyl (C=O) groups excluding carboxylic acids is 1. The molecule has 0 N–H and O–H groups in total. The Bertz CT molecular complexity index is 649. The van der Waals surface area contributed by atoms with E-state index in [0.29, 0.717) is 5.92 Å². The van der Waals surface area contributed by atoms with Crippen molar-refractivity contribution >= 4 is 11.9 Å². The number of ether oxygens (including phenoxy) is 1. The minimum absolute atomic E-state index is 0. The number of allylic oxidation sites excluding steroid dienone is 1. The van der Waals surface area contributed by atoms with E-state index in [-0.39, 0.29) is 84.0 Å². The summed E-state index contributed by atoms with van der Waals surface area (Å²) in [6, 6.07) is 6.05. The zero-order chi connectivity index (χ0) is 15.4. The number of carbonyl (C=O) groups is 1. The van der Waals surface area contributed by atoms with Crippen LogP contribution in [0.1, 0.15) is 37.8 Å². The predicted molar refractivity (Wildman–Crippen MR) is 91.4 cm³/mol. The van der Waals surface area contributed by atoms with Crippen LogP contribution in [0, 0.1) is 38.0 Å². The average molecular weight is 476 g/mol. The van der Waals surface area contributed by atoms with Gasteiger partial charge < -0.3 is 19.1 Å². The molecule has 1 aromatic carbocycles. The molecule has 0 spiro atoms. The molecule has 0 aromatic heterocycles. The van der Waals surface area contributed by atoms with Gasteiger partial charge in [0.25, 0.3) is 0 Å². The van der Waals surface area contributed by atoms with Gasteiger partial charge in [-0.25, -0.2) is 0 Å². The molecule has 4 heteroatoms. The second-order valence-electron chi connectivity index (χ2n) is 7.05. The Morgan fingerprint density at radius 2 is 1.92 bits per heavy atom. The van der Waals surface area contributed by atoms with Crippen LogP contribution < -0.4 is 4.74 Å². The van der Waals surface area contributed by atoms with Crippen molar-refractivity contribution in [3.05, 3.63) is 49.2 Å². The van der Waals surface area contributed by atoms with Crippen molar-refractivity contribution in [1.29, 1.82) is 0 Å². The summed E-state index contributed by atoms with van der Waals surface area (Å²) >= 11 is 0. The van der Waals surface area contributed by atoms with Crippen molar-refractivity contribution in [2.24, 2.45) is 16.7 Å². The third-order valence-corrected chi connectivity index (χ3v) is 5.78. The molecule has 0 heterocycles. The number of hydrogen-bond acceptors (Lipinski definition) is 2. The first-order valence-corrected chi connectivity index (χ1v) is 7.57. The van der Waals surface area contributed by atoms with Crippen molar-refractivity contribution in [3.8, 4) is 5.75 Å². The van der Waals surface area contributed by atoms with Gasteiger partial charge in [0.2, 0.25) is 0 Å². The van der Waals surface area contributed by atoms with Crippen LogP contribution in [0.5, 0.6) is 5.75 Å². The van der Waals surface area contributed by atoms with Crippen LogP contribution in [0.25, 0.3) is 6.08 Å². The van der Waals surface area contributed by atoms with Gasteiger partial charge in [-0.2, -0.15) is 0 Å². The van der Waals surface area contributed by atoms with Gasteiger partial charge in [-0.3, -0.25) is 4.79 Å². The third-order valence-electron chi connectivity index (χ3n) is 5.78. The molecule has 2 saturated carbocycles. The van der Waals surface area contributed by atoms with Crippen molar-refractivity contribution in [1.82, 2.24) is 0 Å². The number of hydrogen-bond donors (Lipinski definition) is 0. The van der Waals surface area contributed by atoms with Crippen molar-refractivity contribution in [2.45, 2.75) is 33.6 Å². The Hall–Kier alpha value is 0.638. The monoisotopic (exact) mass is 476 g/mol. The summed E-state index contributed by atoms with van der Waals surface area (Å²) < 4.78 is 5.29. The van der Waals surface area contributed by atoms with Crippen LogP contribution in [0.2, 0.25) is 0 Å². The smallest absolute Gasteiger partial charge is 0.136 e. The van der Waals surface area contributed by atoms with E-state index < -0.39 is 5.41 Å². The fourth-order valence-electron chi connectivity index (χ4n) is 4.13. The third kappa shape index (κ3) is 3.55. The summed E-state index contributed by atoms with van der Waals surface area (Å²) in [6.45, 7) is 10.7. The molecule has 2 fully saturated rings. The van der Waals surface area contributed by atoms with Gasteiger partial charge in [0.15, 0.2) is 0 Å². The first kappa shape index (κ1) is 24.6. The van der Waals surface area contributed by atoms with E-state index in [1.54, 1.807) is 7.11 Å². The number of aryl methyl sites for hydroxylation is 1. The predicted octanol–water partition coefficient (Wildman–Crippen LogP) is 4.67. The molecule has 0 aliphatic heterocycles. The average Bonchev–Trinajstić information content (AvgIpc) is 2.73. The second-order valence-corrected chi connectivity index (χ2v) is 7.05. The van der Waals surface area contributed by atoms with Crippen LogP contribution in [0.4, 0.5) is 0 Å². The minimum Gasteiger partial charge on any atom is -0.496 e. The minimum atomic E-state index is -0.426. The van der Waals surface area contributed by atoms with Crippen LogP contribution >= 0.6 is 0 Å². The Morgan fingerprint density at radius 1 is 1.29 bits per heavy atom. The van der Waals surface area contributed by atoms with Gasteiger partial charge in [0, 0.05) is 65.4 Å². The molecule has 3 rings (SSSR count). The zero-order valence-corrected chi connectivity index (χ0v) is 21.2. The summed E-state index contributed by atoms with van der Waals surface area (Å²) in [4.78, 5) is 12.8. The van der Waals surface area contributed by atoms with Crippen molar-refractivity contribution < 1.29 is 74.9 Å². The number of fused-ring (bicyclic) bond motifs is 2. The molecule has 2 radical (unpaired) electrons. The molecule has 1 aromatic rings. The number of methoxy groups -OCH3 is 1. The maximum absolute atomic E-state index is 12.8. The second kappa shape index (κ2) is 8.55. The standard InChI is InChI=1S/C19H23O2.CH3.2Y/c1-12-10-13(6-7-16(12)21-5)11-14-15-8-9-19(4,17(14)20)18(15,2)3;;;/h6-7,10-11,15H,4,8-9H2,1-3,5H3;1H3;;/q2*-1;;/b14-11+;;;. The summed E-state index contributed by atoms with van der Waals surface area (Å²) in [5, 5.41) is 0. The molecule has 126 valence electrons. The number of ketones is 1. The first-order valence-electron chi connectivity index (χ1n) is 7.57. The van der Waals surface area contributed by atoms with Crippen molar-refractivity contribution in [2.75, 3.05) is 7.11 Å². The van der Waals surface area contributed by atoms with E-state index in [2.05, 4.69) is 32.9 Å². The van der Waals surface area contributed by atoms with Gasteiger partial charge in [0.05, 0.1) is 7.11 Å².